The van der Waals surface area contributed by atoms with Gasteiger partial charge >= 0.3 is 5.69 Å². The molecule has 0 atom stereocenters. The highest BCUT2D eigenvalue weighted by Crippen LogP contribution is 2.39. The van der Waals surface area contributed by atoms with Gasteiger partial charge in [0.1, 0.15) is 11.4 Å². The molecule has 2 aliphatic rings. The van der Waals surface area contributed by atoms with Crippen LogP contribution in [0.3, 0.4) is 0 Å². The van der Waals surface area contributed by atoms with Gasteiger partial charge in [0.15, 0.2) is 11.6 Å². The van der Waals surface area contributed by atoms with E-state index >= 15 is 0 Å². The number of carbonyl (C=O) groups is 1. The minimum absolute atomic E-state index is 0.0518. The molecule has 0 spiro atoms. The van der Waals surface area contributed by atoms with Crippen molar-refractivity contribution in [3.8, 4) is 5.69 Å². The van der Waals surface area contributed by atoms with Crippen molar-refractivity contribution in [2.24, 2.45) is 5.92 Å². The fourth-order valence-corrected chi connectivity index (χ4v) is 6.97. The zero-order valence-electron chi connectivity index (χ0n) is 18.8. The van der Waals surface area contributed by atoms with Crippen LogP contribution >= 0.6 is 23.1 Å². The van der Waals surface area contributed by atoms with Crippen LogP contribution in [0.15, 0.2) is 38.2 Å². The molecule has 2 heterocycles. The van der Waals surface area contributed by atoms with Crippen LogP contribution in [0.5, 0.6) is 0 Å². The van der Waals surface area contributed by atoms with Crippen molar-refractivity contribution in [2.45, 2.75) is 56.6 Å². The first-order chi connectivity index (χ1) is 15.0. The average Bonchev–Trinajstić information content (AvgIpc) is 3.02. The molecule has 0 fully saturated rings. The Morgan fingerprint density at radius 2 is 1.88 bits per heavy atom. The Morgan fingerprint density at radius 1 is 1.22 bits per heavy atom. The third-order valence-corrected chi connectivity index (χ3v) is 8.65. The molecular weight excluding hydrogens is 466 g/mol. The van der Waals surface area contributed by atoms with Crippen molar-refractivity contribution in [3.63, 3.8) is 0 Å². The number of sulfonamides is 1. The smallest absolute Gasteiger partial charge is 0.292 e. The van der Waals surface area contributed by atoms with Gasteiger partial charge in [-0.05, 0) is 44.1 Å². The molecule has 0 saturated carbocycles. The largest absolute Gasteiger partial charge is 0.355 e. The van der Waals surface area contributed by atoms with E-state index in [2.05, 4.69) is 23.6 Å². The summed E-state index contributed by atoms with van der Waals surface area (Å²) in [5.74, 6) is 1.06. The highest BCUT2D eigenvalue weighted by molar-refractivity contribution is 8.01. The number of rotatable bonds is 9. The number of imidazole rings is 1. The third kappa shape index (κ3) is 5.07. The number of nitrogens with zero attached hydrogens (tertiary/aromatic N) is 2. The van der Waals surface area contributed by atoms with Crippen LogP contribution in [0.4, 0.5) is 5.82 Å². The zero-order valence-corrected chi connectivity index (χ0v) is 21.2. The van der Waals surface area contributed by atoms with E-state index in [9.17, 15) is 18.0 Å². The standard InChI is InChI=1S/C22H27N3O4S3/c1-6-17(26)18-15(5)31-21(30-12-11-13(2)3)19-20(23-22(27)25(18)19)24-32(28,29)16-9-7-14(4)8-10-16/h7-10,13H,6,11-12H2,1-5H3,(H,23,24,27). The lowest BCUT2D eigenvalue weighted by molar-refractivity contribution is 0.0980. The summed E-state index contributed by atoms with van der Waals surface area (Å²) in [6.07, 6.45) is 1.19. The van der Waals surface area contributed by atoms with E-state index in [4.69, 9.17) is 0 Å². The summed E-state index contributed by atoms with van der Waals surface area (Å²) in [6, 6.07) is 6.42. The van der Waals surface area contributed by atoms with E-state index in [0.29, 0.717) is 16.5 Å². The van der Waals surface area contributed by atoms with Crippen molar-refractivity contribution < 1.29 is 13.2 Å². The fourth-order valence-electron chi connectivity index (χ4n) is 3.14. The molecular formula is C22H27N3O4S3. The normalized spacial score (nSPS) is 11.9. The summed E-state index contributed by atoms with van der Waals surface area (Å²) in [5, 5.41) is 0. The predicted molar refractivity (Wildman–Crippen MR) is 130 cm³/mol. The average molecular weight is 494 g/mol. The molecule has 0 bridgehead atoms. The highest BCUT2D eigenvalue weighted by atomic mass is 32.2. The quantitative estimate of drug-likeness (QED) is 0.337. The fraction of sp³-hybridized carbons (Fsp3) is 0.409. The first-order valence-corrected chi connectivity index (χ1v) is 13.6. The van der Waals surface area contributed by atoms with E-state index < -0.39 is 15.7 Å². The van der Waals surface area contributed by atoms with Crippen molar-refractivity contribution in [3.05, 3.63) is 50.9 Å². The number of aryl methyl sites for hydroxylation is 2. The Bertz CT molecular complexity index is 1260. The Morgan fingerprint density at radius 3 is 2.47 bits per heavy atom. The van der Waals surface area contributed by atoms with E-state index in [-0.39, 0.29) is 28.6 Å². The van der Waals surface area contributed by atoms with Gasteiger partial charge in [-0.2, -0.15) is 4.98 Å². The number of hydrogen-bond acceptors (Lipinski definition) is 7. The van der Waals surface area contributed by atoms with Gasteiger partial charge in [-0.1, -0.05) is 38.5 Å². The molecule has 0 unspecified atom stereocenters. The topological polar surface area (TPSA) is 98.1 Å². The molecule has 3 rings (SSSR count). The molecule has 0 aliphatic carbocycles. The number of anilines is 1. The van der Waals surface area contributed by atoms with Crippen LogP contribution in [0.2, 0.25) is 0 Å². The minimum Gasteiger partial charge on any atom is -0.292 e. The number of ketones is 1. The number of fused-ring (bicyclic) bond motifs is 1. The number of carbonyl (C=O) groups excluding carboxylic acids is 1. The monoisotopic (exact) mass is 493 g/mol. The van der Waals surface area contributed by atoms with Crippen LogP contribution < -0.4 is 10.4 Å². The van der Waals surface area contributed by atoms with Gasteiger partial charge in [0.05, 0.1) is 9.10 Å². The summed E-state index contributed by atoms with van der Waals surface area (Å²) in [4.78, 5) is 30.3. The second-order valence-corrected chi connectivity index (χ2v) is 12.2. The third-order valence-electron chi connectivity index (χ3n) is 4.92. The molecule has 0 radical (unpaired) electrons. The Balaban J connectivity index is 2.15. The van der Waals surface area contributed by atoms with Gasteiger partial charge in [-0.25, -0.2) is 13.2 Å². The lowest BCUT2D eigenvalue weighted by Gasteiger charge is -2.17. The highest BCUT2D eigenvalue weighted by Gasteiger charge is 2.29. The lowest BCUT2D eigenvalue weighted by Crippen LogP contribution is -2.22. The van der Waals surface area contributed by atoms with E-state index in [1.165, 1.54) is 28.0 Å². The Hall–Kier alpha value is -2.17. The van der Waals surface area contributed by atoms with Crippen LogP contribution in [0.25, 0.3) is 5.69 Å². The van der Waals surface area contributed by atoms with Crippen molar-refractivity contribution in [1.82, 2.24) is 9.55 Å². The molecule has 0 aromatic heterocycles. The van der Waals surface area contributed by atoms with E-state index in [1.54, 1.807) is 37.7 Å². The maximum atomic E-state index is 13.0. The maximum Gasteiger partial charge on any atom is 0.355 e. The molecule has 1 aromatic carbocycles. The number of nitrogens with one attached hydrogen (secondary N) is 1. The molecule has 7 nitrogen and oxygen atoms in total. The molecule has 172 valence electrons. The lowest BCUT2D eigenvalue weighted by atomic mass is 10.2. The molecule has 32 heavy (non-hydrogen) atoms. The summed E-state index contributed by atoms with van der Waals surface area (Å²) in [7, 11) is -3.96. The number of hydrogen-bond donors (Lipinski definition) is 1. The van der Waals surface area contributed by atoms with Gasteiger partial charge in [0.25, 0.3) is 10.0 Å². The van der Waals surface area contributed by atoms with E-state index in [1.807, 2.05) is 6.92 Å². The summed E-state index contributed by atoms with van der Waals surface area (Å²) in [6.45, 7) is 9.65. The molecule has 0 amide bonds. The number of Topliss-reactive ketones (excluding diaryl/α,β-unsaturated/α-hetero) is 1. The van der Waals surface area contributed by atoms with Gasteiger partial charge in [-0.3, -0.25) is 14.1 Å². The van der Waals surface area contributed by atoms with Gasteiger partial charge in [0.2, 0.25) is 0 Å². The van der Waals surface area contributed by atoms with Crippen molar-refractivity contribution in [1.29, 1.82) is 0 Å². The molecule has 0 saturated heterocycles. The van der Waals surface area contributed by atoms with E-state index in [0.717, 1.165) is 21.9 Å². The second-order valence-electron chi connectivity index (χ2n) is 7.95. The predicted octanol–water partition coefficient (Wildman–Crippen LogP) is 4.88. The van der Waals surface area contributed by atoms with Crippen LogP contribution in [-0.4, -0.2) is 29.5 Å². The number of thioether (sulfide) groups is 1. The van der Waals surface area contributed by atoms with Crippen molar-refractivity contribution >= 4 is 44.7 Å². The van der Waals surface area contributed by atoms with Gasteiger partial charge < -0.3 is 0 Å². The minimum atomic E-state index is -3.96. The first-order valence-electron chi connectivity index (χ1n) is 10.4. The number of aromatic nitrogens is 2. The SMILES string of the molecule is CCC(=O)c1c(C)sc(SCCC(C)C)c2c(NS(=O)(=O)c3ccc(C)cc3)nc(=O)n1-2. The van der Waals surface area contributed by atoms with Crippen LogP contribution in [-0.2, 0) is 10.0 Å². The van der Waals surface area contributed by atoms with Gasteiger partial charge in [-0.15, -0.1) is 23.1 Å². The zero-order chi connectivity index (χ0) is 23.6. The molecule has 1 aromatic rings. The Labute approximate surface area is 196 Å². The molecule has 10 heteroatoms. The van der Waals surface area contributed by atoms with Crippen molar-refractivity contribution in [2.75, 3.05) is 10.5 Å². The second kappa shape index (κ2) is 9.76. The van der Waals surface area contributed by atoms with Crippen LogP contribution in [0, 0.1) is 19.8 Å². The molecule has 1 N–H and O–H groups in total. The van der Waals surface area contributed by atoms with Gasteiger partial charge in [0, 0.05) is 11.3 Å². The Kier molecular flexibility index (Phi) is 7.46. The first kappa shape index (κ1) is 24.5. The summed E-state index contributed by atoms with van der Waals surface area (Å²) < 4.78 is 30.5. The number of benzene rings is 1. The summed E-state index contributed by atoms with van der Waals surface area (Å²) in [5.41, 5.74) is 0.868. The maximum absolute atomic E-state index is 13.0. The van der Waals surface area contributed by atoms with Crippen LogP contribution in [0.1, 0.15) is 54.5 Å². The molecule has 2 aliphatic heterocycles. The summed E-state index contributed by atoms with van der Waals surface area (Å²) >= 11 is 2.93.